The Morgan fingerprint density at radius 2 is 1.95 bits per heavy atom. The Bertz CT molecular complexity index is 1400. The van der Waals surface area contributed by atoms with Gasteiger partial charge in [0.05, 0.1) is 37.1 Å². The first-order valence-corrected chi connectivity index (χ1v) is 19.7. The fraction of sp³-hybridized carbons (Fsp3) is 0.839. The summed E-state index contributed by atoms with van der Waals surface area (Å²) in [6, 6.07) is 1.17. The Hall–Kier alpha value is -1.18. The normalized spacial score (nSPS) is 35.7. The lowest BCUT2D eigenvalue weighted by atomic mass is 9.70. The summed E-state index contributed by atoms with van der Waals surface area (Å²) in [7, 11) is -1.42. The number of ether oxygens (including phenoxy) is 1. The van der Waals surface area contributed by atoms with E-state index in [4.69, 9.17) is 21.3 Å². The van der Waals surface area contributed by atoms with Gasteiger partial charge < -0.3 is 15.0 Å². The number of likely N-dealkylation sites (N-methyl/N-ethyl adjacent to an activating group) is 1. The van der Waals surface area contributed by atoms with Gasteiger partial charge in [-0.05, 0) is 90.5 Å². The highest BCUT2D eigenvalue weighted by atomic mass is 35.5. The van der Waals surface area contributed by atoms with Crippen LogP contribution in [-0.2, 0) is 38.9 Å². The highest BCUT2D eigenvalue weighted by molar-refractivity contribution is 8.00. The van der Waals surface area contributed by atoms with Gasteiger partial charge in [-0.3, -0.25) is 18.9 Å². The van der Waals surface area contributed by atoms with Crippen LogP contribution >= 0.6 is 23.4 Å². The molecular weight excluding hydrogens is 622 g/mol. The van der Waals surface area contributed by atoms with Crippen LogP contribution < -0.4 is 15.6 Å². The van der Waals surface area contributed by atoms with E-state index in [1.54, 1.807) is 16.3 Å². The summed E-state index contributed by atoms with van der Waals surface area (Å²) in [4.78, 5) is 34.0. The van der Waals surface area contributed by atoms with Crippen molar-refractivity contribution in [3.8, 4) is 0 Å². The molecule has 2 N–H and O–H groups in total. The van der Waals surface area contributed by atoms with Crippen molar-refractivity contribution in [2.75, 3.05) is 25.7 Å². The highest BCUT2D eigenvalue weighted by Gasteiger charge is 2.52. The third-order valence-corrected chi connectivity index (χ3v) is 13.3. The zero-order valence-corrected chi connectivity index (χ0v) is 28.7. The van der Waals surface area contributed by atoms with E-state index < -0.39 is 21.8 Å². The molecule has 4 fully saturated rings. The van der Waals surface area contributed by atoms with Crippen LogP contribution in [0.2, 0.25) is 0 Å². The van der Waals surface area contributed by atoms with Crippen LogP contribution in [0.5, 0.6) is 0 Å². The highest BCUT2D eigenvalue weighted by Crippen LogP contribution is 2.48. The minimum absolute atomic E-state index is 0.0172. The molecule has 0 radical (unpaired) electrons. The van der Waals surface area contributed by atoms with E-state index in [0.29, 0.717) is 36.9 Å². The predicted molar refractivity (Wildman–Crippen MR) is 174 cm³/mol. The predicted octanol–water partition coefficient (Wildman–Crippen LogP) is 2.47. The van der Waals surface area contributed by atoms with Crippen molar-refractivity contribution in [3.63, 3.8) is 0 Å². The van der Waals surface area contributed by atoms with E-state index >= 15 is 0 Å². The second-order valence-electron chi connectivity index (χ2n) is 14.0. The van der Waals surface area contributed by atoms with Crippen LogP contribution in [0.25, 0.3) is 0 Å². The molecule has 2 saturated carbocycles. The number of amides is 1. The van der Waals surface area contributed by atoms with Gasteiger partial charge in [0.15, 0.2) is 0 Å². The molecule has 246 valence electrons. The number of carbonyl (C=O) groups excluding carboxylic acids is 1. The second-order valence-corrected chi connectivity index (χ2v) is 17.5. The number of hydrogen-bond donors (Lipinski definition) is 2. The molecular formula is C31H48ClN5O5S2. The lowest BCUT2D eigenvalue weighted by molar-refractivity contribution is -0.123. The number of rotatable bonds is 9. The number of carbonyl (C=O) groups is 1. The largest absolute Gasteiger partial charge is 0.376 e. The topological polar surface area (TPSA) is 123 Å². The Labute approximate surface area is 270 Å². The maximum Gasteiger partial charge on any atom is 0.257 e. The van der Waals surface area contributed by atoms with Crippen molar-refractivity contribution in [2.45, 2.75) is 119 Å². The van der Waals surface area contributed by atoms with E-state index in [0.717, 1.165) is 68.3 Å². The summed E-state index contributed by atoms with van der Waals surface area (Å²) < 4.78 is 34.2. The Kier molecular flexibility index (Phi) is 9.78. The molecule has 0 bridgehead atoms. The molecule has 1 aromatic rings. The van der Waals surface area contributed by atoms with Crippen molar-refractivity contribution in [3.05, 3.63) is 27.4 Å². The average Bonchev–Trinajstić information content (AvgIpc) is 3.72. The molecule has 3 aliphatic carbocycles. The molecule has 1 amide bonds. The molecule has 1 aromatic heterocycles. The number of piperidine rings is 1. The van der Waals surface area contributed by atoms with Gasteiger partial charge in [0.1, 0.15) is 5.82 Å². The van der Waals surface area contributed by atoms with Crippen LogP contribution in [0, 0.1) is 24.7 Å². The molecule has 0 spiro atoms. The van der Waals surface area contributed by atoms with Gasteiger partial charge in [-0.1, -0.05) is 0 Å². The maximum atomic E-state index is 13.7. The Morgan fingerprint density at radius 3 is 2.68 bits per heavy atom. The minimum Gasteiger partial charge on any atom is -0.376 e. The number of thioether (sulfide) groups is 1. The van der Waals surface area contributed by atoms with Gasteiger partial charge in [0.25, 0.3) is 5.56 Å². The summed E-state index contributed by atoms with van der Waals surface area (Å²) in [6.45, 7) is 4.97. The molecule has 8 unspecified atom stereocenters. The van der Waals surface area contributed by atoms with Gasteiger partial charge in [-0.25, -0.2) is 13.4 Å². The van der Waals surface area contributed by atoms with E-state index in [2.05, 4.69) is 28.9 Å². The number of sulfonamides is 1. The summed E-state index contributed by atoms with van der Waals surface area (Å²) in [6.07, 6.45) is 9.80. The first kappa shape index (κ1) is 32.7. The molecule has 9 atom stereocenters. The SMILES string of the molecule is Cc1nc2c(c(=O)n1CCOC1CCC(Cl)CC1C1CC(C)NC3C(C(=O)NS(C)(=O)=O)CSC13)C[C@@H](N(C)C1CC1)CC2. The van der Waals surface area contributed by atoms with E-state index in [9.17, 15) is 18.0 Å². The number of fused-ring (bicyclic) bond motifs is 2. The van der Waals surface area contributed by atoms with Crippen LogP contribution in [0.1, 0.15) is 69.0 Å². The van der Waals surface area contributed by atoms with Crippen LogP contribution in [0.3, 0.4) is 0 Å². The number of aromatic nitrogens is 2. The zero-order valence-electron chi connectivity index (χ0n) is 26.3. The summed E-state index contributed by atoms with van der Waals surface area (Å²) in [5.41, 5.74) is 1.93. The van der Waals surface area contributed by atoms with Gasteiger partial charge >= 0.3 is 0 Å². The van der Waals surface area contributed by atoms with Gasteiger partial charge in [0.2, 0.25) is 15.9 Å². The zero-order chi connectivity index (χ0) is 31.3. The molecule has 44 heavy (non-hydrogen) atoms. The summed E-state index contributed by atoms with van der Waals surface area (Å²) in [5.74, 6) is 1.02. The number of nitrogens with zero attached hydrogens (tertiary/aromatic N) is 3. The quantitative estimate of drug-likeness (QED) is 0.382. The van der Waals surface area contributed by atoms with Gasteiger partial charge in [0, 0.05) is 46.1 Å². The molecule has 10 nitrogen and oxygen atoms in total. The summed E-state index contributed by atoms with van der Waals surface area (Å²) >= 11 is 8.52. The first-order valence-electron chi connectivity index (χ1n) is 16.4. The molecule has 2 saturated heterocycles. The minimum atomic E-state index is -3.62. The lowest BCUT2D eigenvalue weighted by Gasteiger charge is -2.47. The van der Waals surface area contributed by atoms with Crippen molar-refractivity contribution >= 4 is 39.3 Å². The number of hydrogen-bond acceptors (Lipinski definition) is 9. The standard InChI is InChI=1S/C31H48ClN5O5S2/c1-17-13-23(29-28(33-17)25(16-43-29)30(38)35-44(4,40)41)22-14-19(32)5-10-27(22)42-12-11-37-18(2)34-26-9-8-21(15-24(26)31(37)39)36(3)20-6-7-20/h17,19-23,25,27-29,33H,5-16H2,1-4H3,(H,35,38)/t17?,19?,21-,22?,23?,25?,27?,28?,29?/m0/s1. The fourth-order valence-corrected chi connectivity index (χ4v) is 11.1. The van der Waals surface area contributed by atoms with Crippen LogP contribution in [-0.4, -0.2) is 95.3 Å². The third kappa shape index (κ3) is 7.05. The smallest absolute Gasteiger partial charge is 0.257 e. The maximum absolute atomic E-state index is 13.7. The van der Waals surface area contributed by atoms with Crippen molar-refractivity contribution in [1.82, 2.24) is 24.5 Å². The van der Waals surface area contributed by atoms with E-state index in [1.807, 2.05) is 6.92 Å². The molecule has 2 aliphatic heterocycles. The number of nitrogens with one attached hydrogen (secondary N) is 2. The van der Waals surface area contributed by atoms with E-state index in [1.165, 1.54) is 12.8 Å². The second kappa shape index (κ2) is 13.1. The average molecular weight is 670 g/mol. The van der Waals surface area contributed by atoms with Crippen molar-refractivity contribution in [2.24, 2.45) is 17.8 Å². The molecule has 5 aliphatic rings. The molecule has 0 aromatic carbocycles. The van der Waals surface area contributed by atoms with Gasteiger partial charge in [-0.2, -0.15) is 11.8 Å². The van der Waals surface area contributed by atoms with Crippen LogP contribution in [0.15, 0.2) is 4.79 Å². The van der Waals surface area contributed by atoms with Crippen molar-refractivity contribution in [1.29, 1.82) is 0 Å². The van der Waals surface area contributed by atoms with Crippen LogP contribution in [0.4, 0.5) is 0 Å². The number of halogens is 1. The summed E-state index contributed by atoms with van der Waals surface area (Å²) in [5, 5.41) is 3.87. The fourth-order valence-electron chi connectivity index (χ4n) is 8.38. The van der Waals surface area contributed by atoms with Crippen molar-refractivity contribution < 1.29 is 17.9 Å². The lowest BCUT2D eigenvalue weighted by Crippen LogP contribution is -2.58. The third-order valence-electron chi connectivity index (χ3n) is 10.8. The monoisotopic (exact) mass is 669 g/mol. The Balaban J connectivity index is 1.14. The number of alkyl halides is 1. The van der Waals surface area contributed by atoms with E-state index in [-0.39, 0.29) is 40.3 Å². The number of aryl methyl sites for hydroxylation is 2. The molecule has 3 heterocycles. The molecule has 13 heteroatoms. The van der Waals surface area contributed by atoms with Gasteiger partial charge in [-0.15, -0.1) is 11.6 Å². The Morgan fingerprint density at radius 1 is 1.18 bits per heavy atom. The first-order chi connectivity index (χ1) is 20.9. The molecule has 6 rings (SSSR count).